The van der Waals surface area contributed by atoms with Gasteiger partial charge in [-0.2, -0.15) is 0 Å². The van der Waals surface area contributed by atoms with Crippen molar-refractivity contribution in [2.24, 2.45) is 29.6 Å². The summed E-state index contributed by atoms with van der Waals surface area (Å²) in [6.45, 7) is 14.0. The topological polar surface area (TPSA) is 22.4 Å². The van der Waals surface area contributed by atoms with Crippen molar-refractivity contribution in [3.63, 3.8) is 0 Å². The van der Waals surface area contributed by atoms with Crippen LogP contribution in [-0.4, -0.2) is 14.2 Å². The van der Waals surface area contributed by atoms with Gasteiger partial charge < -0.3 is 24.0 Å². The van der Waals surface area contributed by atoms with E-state index in [1.165, 1.54) is 57.1 Å². The monoisotopic (exact) mass is 838 g/mol. The number of allylic oxidation sites excluding steroid dienone is 1. The number of benzene rings is 2. The number of hydrogen-bond acceptors (Lipinski definition) is 2. The first kappa shape index (κ1) is 43.7. The van der Waals surface area contributed by atoms with E-state index in [0.717, 1.165) is 52.7 Å². The maximum absolute atomic E-state index is 6.74. The minimum atomic E-state index is -1.87. The second-order valence-corrected chi connectivity index (χ2v) is 25.1. The Morgan fingerprint density at radius 2 is 1.15 bits per heavy atom. The fraction of sp³-hybridized carbons (Fsp3) is 0.565. The van der Waals surface area contributed by atoms with Gasteiger partial charge in [-0.1, -0.05) is 113 Å². The molecule has 4 aliphatic carbocycles. The molecule has 284 valence electrons. The SMILES string of the molecule is CC.CC1=CC[C@H](C2CC3C(c4ccccc4)CCCC3C2[Si](C)(C)C2C(c3ccc(C)o3)CC3C(c4ccccc4)CCCC32)O1.[CH3-].[CH3-].[Cl][Zr+2][Cl]. The van der Waals surface area contributed by atoms with Crippen molar-refractivity contribution in [3.05, 3.63) is 122 Å². The molecule has 0 N–H and O–H groups in total. The number of furan rings is 1. The molecule has 0 spiro atoms. The van der Waals surface area contributed by atoms with Crippen LogP contribution in [0.4, 0.5) is 0 Å². The Hall–Kier alpha value is -1.06. The summed E-state index contributed by atoms with van der Waals surface area (Å²) in [4.78, 5) is 0. The molecule has 2 aromatic carbocycles. The molecule has 0 saturated heterocycles. The number of fused-ring (bicyclic) bond motifs is 2. The van der Waals surface area contributed by atoms with Crippen LogP contribution in [0.25, 0.3) is 0 Å². The van der Waals surface area contributed by atoms with Gasteiger partial charge in [0.2, 0.25) is 0 Å². The number of hydrogen-bond donors (Lipinski definition) is 0. The quantitative estimate of drug-likeness (QED) is 0.182. The van der Waals surface area contributed by atoms with Crippen LogP contribution in [-0.2, 0) is 25.6 Å². The summed E-state index contributed by atoms with van der Waals surface area (Å²) in [5.41, 5.74) is 4.74. The molecule has 6 heteroatoms. The average Bonchev–Trinajstić information content (AvgIpc) is 3.94. The average molecular weight is 841 g/mol. The van der Waals surface area contributed by atoms with Crippen LogP contribution in [0.3, 0.4) is 0 Å². The molecule has 8 rings (SSSR count). The second kappa shape index (κ2) is 19.7. The van der Waals surface area contributed by atoms with Crippen molar-refractivity contribution in [2.75, 3.05) is 0 Å². The first-order chi connectivity index (χ1) is 24.3. The molecule has 4 saturated carbocycles. The van der Waals surface area contributed by atoms with E-state index in [9.17, 15) is 0 Å². The molecule has 0 bridgehead atoms. The van der Waals surface area contributed by atoms with Gasteiger partial charge in [-0.05, 0) is 121 Å². The standard InChI is InChI=1S/C42H54O2Si.C2H6.2CH3.2ClH.Zr/c1-27-21-23-39(43-27)37-25-35-31(29-13-7-5-8-14-29)17-11-19-33(35)41(37)45(3,4)42-34-20-12-18-32(30-15-9-6-10-16-30)36(34)26-38(42)40-24-22-28(2)44-40;1-2;;;;;/h5-10,13-16,21-23,31-38,40-42H,11-12,17-20,24-26H2,1-4H3;1-2H3;2*1H3;2*1H;/q;;2*-1;;;+4/p-2/t31?,32?,33?,34?,35?,36?,37?,38?,40-,41?,42?;;;;;;/m1....../s1. The van der Waals surface area contributed by atoms with Crippen LogP contribution in [0, 0.1) is 51.4 Å². The van der Waals surface area contributed by atoms with Crippen molar-refractivity contribution in [1.29, 1.82) is 0 Å². The molecule has 52 heavy (non-hydrogen) atoms. The van der Waals surface area contributed by atoms with E-state index >= 15 is 0 Å². The van der Waals surface area contributed by atoms with Gasteiger partial charge in [0.25, 0.3) is 0 Å². The van der Waals surface area contributed by atoms with E-state index in [1.54, 1.807) is 11.1 Å². The summed E-state index contributed by atoms with van der Waals surface area (Å²) >= 11 is -0.826. The zero-order valence-electron chi connectivity index (χ0n) is 33.3. The molecule has 1 aliphatic heterocycles. The third-order valence-electron chi connectivity index (χ3n) is 13.9. The third-order valence-corrected chi connectivity index (χ3v) is 19.0. The Labute approximate surface area is 337 Å². The van der Waals surface area contributed by atoms with Crippen molar-refractivity contribution in [1.82, 2.24) is 0 Å². The van der Waals surface area contributed by atoms with Gasteiger partial charge in [-0.15, -0.1) is 0 Å². The van der Waals surface area contributed by atoms with Gasteiger partial charge in [-0.3, -0.25) is 0 Å². The molecule has 3 aromatic rings. The number of aryl methyl sites for hydroxylation is 1. The zero-order valence-corrected chi connectivity index (χ0v) is 38.3. The fourth-order valence-corrected chi connectivity index (χ4v) is 18.8. The first-order valence-electron chi connectivity index (χ1n) is 19.8. The number of ether oxygens (including phenoxy) is 1. The van der Waals surface area contributed by atoms with E-state index in [4.69, 9.17) is 26.2 Å². The minimum absolute atomic E-state index is 0. The van der Waals surface area contributed by atoms with Crippen LogP contribution < -0.4 is 0 Å². The van der Waals surface area contributed by atoms with Gasteiger partial charge in [0, 0.05) is 12.3 Å². The van der Waals surface area contributed by atoms with Crippen molar-refractivity contribution in [2.45, 2.75) is 134 Å². The second-order valence-electron chi connectivity index (χ2n) is 16.4. The maximum atomic E-state index is 6.74. The Morgan fingerprint density at radius 3 is 1.63 bits per heavy atom. The molecule has 10 unspecified atom stereocenters. The van der Waals surface area contributed by atoms with Crippen molar-refractivity contribution < 1.29 is 30.0 Å². The van der Waals surface area contributed by atoms with Gasteiger partial charge in [-0.25, -0.2) is 0 Å². The zero-order chi connectivity index (χ0) is 35.4. The van der Waals surface area contributed by atoms with E-state index in [0.29, 0.717) is 29.8 Å². The molecule has 1 aromatic heterocycles. The Bertz CT molecular complexity index is 1530. The Balaban J connectivity index is 0.000000824. The van der Waals surface area contributed by atoms with E-state index < -0.39 is 28.9 Å². The molecule has 11 atom stereocenters. The van der Waals surface area contributed by atoms with Crippen LogP contribution in [0.15, 0.2) is 89.0 Å². The van der Waals surface area contributed by atoms with Crippen molar-refractivity contribution in [3.8, 4) is 0 Å². The van der Waals surface area contributed by atoms with Crippen LogP contribution in [0.5, 0.6) is 0 Å². The van der Waals surface area contributed by atoms with Gasteiger partial charge in [0.1, 0.15) is 17.6 Å². The predicted molar refractivity (Wildman–Crippen MR) is 223 cm³/mol. The molecular weight excluding hydrogens is 775 g/mol. The van der Waals surface area contributed by atoms with E-state index in [2.05, 4.69) is 106 Å². The van der Waals surface area contributed by atoms with Gasteiger partial charge in [0.05, 0.1) is 13.8 Å². The summed E-state index contributed by atoms with van der Waals surface area (Å²) < 4.78 is 13.4. The first-order valence-corrected chi connectivity index (χ1v) is 29.3. The summed E-state index contributed by atoms with van der Waals surface area (Å²) in [6.07, 6.45) is 14.8. The molecular formula is C46H66Cl2O2SiZr. The fourth-order valence-electron chi connectivity index (χ4n) is 12.5. The third kappa shape index (κ3) is 8.82. The predicted octanol–water partition coefficient (Wildman–Crippen LogP) is 14.9. The van der Waals surface area contributed by atoms with Crippen molar-refractivity contribution >= 4 is 25.1 Å². The summed E-state index contributed by atoms with van der Waals surface area (Å²) in [5.74, 6) is 9.34. The summed E-state index contributed by atoms with van der Waals surface area (Å²) in [7, 11) is 8.00. The summed E-state index contributed by atoms with van der Waals surface area (Å²) in [6, 6.07) is 27.8. The van der Waals surface area contributed by atoms with E-state index in [-0.39, 0.29) is 14.9 Å². The molecule has 0 amide bonds. The van der Waals surface area contributed by atoms with Gasteiger partial charge >= 0.3 is 37.9 Å². The van der Waals surface area contributed by atoms with Gasteiger partial charge in [0.15, 0.2) is 0 Å². The normalized spacial score (nSPS) is 33.2. The van der Waals surface area contributed by atoms with Crippen LogP contribution >= 0.6 is 17.0 Å². The number of halogens is 2. The summed E-state index contributed by atoms with van der Waals surface area (Å²) in [5, 5.41) is 0. The van der Waals surface area contributed by atoms with E-state index in [1.807, 2.05) is 13.8 Å². The molecule has 5 aliphatic rings. The Kier molecular flexibility index (Phi) is 16.5. The van der Waals surface area contributed by atoms with Crippen LogP contribution in [0.2, 0.25) is 24.2 Å². The molecule has 0 radical (unpaired) electrons. The molecule has 4 fully saturated rings. The molecule has 2 nitrogen and oxygen atoms in total. The Morgan fingerprint density at radius 1 is 0.635 bits per heavy atom. The number of rotatable bonds is 6. The molecule has 2 heterocycles. The van der Waals surface area contributed by atoms with Crippen LogP contribution in [0.1, 0.15) is 119 Å².